The number of rotatable bonds is 4. The van der Waals surface area contributed by atoms with Gasteiger partial charge in [0, 0.05) is 42.0 Å². The van der Waals surface area contributed by atoms with Gasteiger partial charge in [0.1, 0.15) is 0 Å². The summed E-state index contributed by atoms with van der Waals surface area (Å²) in [6, 6.07) is 9.01. The minimum Gasteiger partial charge on any atom is -0.465 e. The number of amides is 1. The molecule has 1 aliphatic heterocycles. The van der Waals surface area contributed by atoms with Crippen LogP contribution in [0.15, 0.2) is 29.6 Å². The molecule has 1 aromatic heterocycles. The average molecular weight is 362 g/mol. The molecule has 0 atom stereocenters. The Hall–Kier alpha value is -1.79. The molecular formula is C19H27N3O2S. The Balaban J connectivity index is 0.000000415. The highest BCUT2D eigenvalue weighted by atomic mass is 32.1. The van der Waals surface area contributed by atoms with Crippen LogP contribution in [0.25, 0.3) is 10.1 Å². The first-order chi connectivity index (χ1) is 12.1. The number of fused-ring (bicyclic) bond motifs is 1. The van der Waals surface area contributed by atoms with Crippen molar-refractivity contribution in [2.24, 2.45) is 11.7 Å². The van der Waals surface area contributed by atoms with Crippen molar-refractivity contribution in [2.45, 2.75) is 25.7 Å². The van der Waals surface area contributed by atoms with E-state index in [1.807, 2.05) is 11.3 Å². The topological polar surface area (TPSA) is 69.8 Å². The number of piperazine rings is 1. The second-order valence-electron chi connectivity index (χ2n) is 6.86. The number of primary amides is 1. The van der Waals surface area contributed by atoms with Crippen molar-refractivity contribution >= 4 is 33.2 Å². The molecule has 136 valence electrons. The molecule has 0 spiro atoms. The number of nitrogens with zero attached hydrogens (tertiary/aromatic N) is 2. The third kappa shape index (κ3) is 4.86. The Morgan fingerprint density at radius 1 is 1.20 bits per heavy atom. The first kappa shape index (κ1) is 18.0. The van der Waals surface area contributed by atoms with Gasteiger partial charge in [0.25, 0.3) is 0 Å². The highest BCUT2D eigenvalue weighted by molar-refractivity contribution is 7.17. The van der Waals surface area contributed by atoms with E-state index in [2.05, 4.69) is 45.2 Å². The van der Waals surface area contributed by atoms with Crippen molar-refractivity contribution in [3.63, 3.8) is 0 Å². The molecule has 3 N–H and O–H groups in total. The summed E-state index contributed by atoms with van der Waals surface area (Å²) in [4.78, 5) is 14.0. The van der Waals surface area contributed by atoms with Crippen LogP contribution in [0.4, 0.5) is 10.5 Å². The van der Waals surface area contributed by atoms with Gasteiger partial charge in [-0.1, -0.05) is 25.3 Å². The van der Waals surface area contributed by atoms with E-state index < -0.39 is 6.09 Å². The van der Waals surface area contributed by atoms with Gasteiger partial charge in [0.05, 0.1) is 0 Å². The van der Waals surface area contributed by atoms with Crippen LogP contribution in [0.3, 0.4) is 0 Å². The van der Waals surface area contributed by atoms with Gasteiger partial charge in [0.2, 0.25) is 0 Å². The third-order valence-electron chi connectivity index (χ3n) is 5.26. The lowest BCUT2D eigenvalue weighted by Crippen LogP contribution is -2.47. The lowest BCUT2D eigenvalue weighted by atomic mass is 9.83. The van der Waals surface area contributed by atoms with Crippen LogP contribution in [0.5, 0.6) is 0 Å². The van der Waals surface area contributed by atoms with E-state index in [-0.39, 0.29) is 0 Å². The summed E-state index contributed by atoms with van der Waals surface area (Å²) in [5, 5.41) is 10.8. The van der Waals surface area contributed by atoms with Gasteiger partial charge in [-0.15, -0.1) is 11.3 Å². The predicted octanol–water partition coefficient (Wildman–Crippen LogP) is 3.84. The maximum absolute atomic E-state index is 8.78. The zero-order valence-corrected chi connectivity index (χ0v) is 15.4. The number of benzene rings is 1. The van der Waals surface area contributed by atoms with E-state index in [0.717, 1.165) is 5.92 Å². The SMILES string of the molecule is NC(=O)O.c1cc(N2CCN(CCC3CCC3)CC2)c2ccsc2c1. The molecule has 2 aliphatic rings. The number of hydrogen-bond donors (Lipinski definition) is 2. The fourth-order valence-corrected chi connectivity index (χ4v) is 4.42. The number of carboxylic acid groups (broad SMARTS) is 1. The van der Waals surface area contributed by atoms with E-state index in [0.29, 0.717) is 0 Å². The number of anilines is 1. The van der Waals surface area contributed by atoms with Gasteiger partial charge in [-0.25, -0.2) is 4.79 Å². The molecule has 0 unspecified atom stereocenters. The molecule has 1 aliphatic carbocycles. The third-order valence-corrected chi connectivity index (χ3v) is 6.15. The summed E-state index contributed by atoms with van der Waals surface area (Å²) in [5.41, 5.74) is 5.47. The van der Waals surface area contributed by atoms with Gasteiger partial charge >= 0.3 is 6.09 Å². The minimum absolute atomic E-state index is 1.04. The maximum atomic E-state index is 8.78. The summed E-state index contributed by atoms with van der Waals surface area (Å²) < 4.78 is 1.42. The van der Waals surface area contributed by atoms with Crippen LogP contribution in [0.1, 0.15) is 25.7 Å². The Labute approximate surface area is 153 Å². The molecule has 2 aromatic rings. The normalized spacial score (nSPS) is 18.5. The second kappa shape index (κ2) is 8.54. The van der Waals surface area contributed by atoms with Crippen LogP contribution >= 0.6 is 11.3 Å². The fourth-order valence-electron chi connectivity index (χ4n) is 3.61. The van der Waals surface area contributed by atoms with Gasteiger partial charge in [-0.3, -0.25) is 4.90 Å². The molecule has 25 heavy (non-hydrogen) atoms. The molecule has 1 aromatic carbocycles. The summed E-state index contributed by atoms with van der Waals surface area (Å²) in [6.45, 7) is 6.14. The van der Waals surface area contributed by atoms with E-state index in [9.17, 15) is 0 Å². The van der Waals surface area contributed by atoms with Crippen molar-refractivity contribution in [2.75, 3.05) is 37.6 Å². The van der Waals surface area contributed by atoms with E-state index in [1.165, 1.54) is 74.2 Å². The first-order valence-corrected chi connectivity index (χ1v) is 9.93. The van der Waals surface area contributed by atoms with Gasteiger partial charge in [0.15, 0.2) is 0 Å². The first-order valence-electron chi connectivity index (χ1n) is 9.05. The summed E-state index contributed by atoms with van der Waals surface area (Å²) in [7, 11) is 0. The zero-order valence-electron chi connectivity index (χ0n) is 14.6. The largest absolute Gasteiger partial charge is 0.465 e. The molecule has 0 radical (unpaired) electrons. The van der Waals surface area contributed by atoms with Crippen molar-refractivity contribution < 1.29 is 9.90 Å². The van der Waals surface area contributed by atoms with E-state index in [1.54, 1.807) is 0 Å². The Bertz CT molecular complexity index is 687. The standard InChI is InChI=1S/C18H24N2S.CH3NO2/c1-3-15(4-1)7-9-19-10-12-20(13-11-19)17-5-2-6-18-16(17)8-14-21-18;2-1(3)4/h2,5-6,8,14-15H,1,3-4,7,9-13H2;2H2,(H,3,4). The fraction of sp³-hybridized carbons (Fsp3) is 0.526. The summed E-state index contributed by atoms with van der Waals surface area (Å²) >= 11 is 1.85. The van der Waals surface area contributed by atoms with Crippen LogP contribution in [0.2, 0.25) is 0 Å². The molecule has 2 heterocycles. The lowest BCUT2D eigenvalue weighted by molar-refractivity contribution is 0.205. The summed E-state index contributed by atoms with van der Waals surface area (Å²) in [5.74, 6) is 1.04. The van der Waals surface area contributed by atoms with Crippen molar-refractivity contribution in [1.82, 2.24) is 4.90 Å². The van der Waals surface area contributed by atoms with Crippen LogP contribution < -0.4 is 10.6 Å². The molecular weight excluding hydrogens is 334 g/mol. The number of carbonyl (C=O) groups is 1. The van der Waals surface area contributed by atoms with Crippen molar-refractivity contribution in [1.29, 1.82) is 0 Å². The van der Waals surface area contributed by atoms with Crippen LogP contribution in [-0.2, 0) is 0 Å². The number of nitrogens with two attached hydrogens (primary N) is 1. The Kier molecular flexibility index (Phi) is 6.15. The molecule has 5 nitrogen and oxygen atoms in total. The van der Waals surface area contributed by atoms with Gasteiger partial charge < -0.3 is 15.7 Å². The quantitative estimate of drug-likeness (QED) is 0.868. The van der Waals surface area contributed by atoms with E-state index in [4.69, 9.17) is 9.90 Å². The molecule has 4 rings (SSSR count). The van der Waals surface area contributed by atoms with Gasteiger partial charge in [-0.2, -0.15) is 0 Å². The van der Waals surface area contributed by atoms with Crippen LogP contribution in [0, 0.1) is 5.92 Å². The average Bonchev–Trinajstić information content (AvgIpc) is 3.02. The number of thiophene rings is 1. The predicted molar refractivity (Wildman–Crippen MR) is 105 cm³/mol. The zero-order chi connectivity index (χ0) is 17.6. The molecule has 2 fully saturated rings. The minimum atomic E-state index is -1.33. The maximum Gasteiger partial charge on any atom is 0.402 e. The van der Waals surface area contributed by atoms with Crippen LogP contribution in [-0.4, -0.2) is 48.8 Å². The monoisotopic (exact) mass is 361 g/mol. The van der Waals surface area contributed by atoms with Crippen molar-refractivity contribution in [3.8, 4) is 0 Å². The molecule has 0 bridgehead atoms. The van der Waals surface area contributed by atoms with Gasteiger partial charge in [-0.05, 0) is 42.5 Å². The molecule has 1 amide bonds. The Morgan fingerprint density at radius 2 is 1.92 bits per heavy atom. The van der Waals surface area contributed by atoms with Crippen molar-refractivity contribution in [3.05, 3.63) is 29.6 Å². The molecule has 1 saturated carbocycles. The summed E-state index contributed by atoms with van der Waals surface area (Å²) in [6.07, 6.45) is 4.55. The second-order valence-corrected chi connectivity index (χ2v) is 7.81. The smallest absolute Gasteiger partial charge is 0.402 e. The number of hydrogen-bond acceptors (Lipinski definition) is 4. The van der Waals surface area contributed by atoms with E-state index >= 15 is 0 Å². The highest BCUT2D eigenvalue weighted by Gasteiger charge is 2.21. The highest BCUT2D eigenvalue weighted by Crippen LogP contribution is 2.32. The molecule has 1 saturated heterocycles. The lowest BCUT2D eigenvalue weighted by Gasteiger charge is -2.37. The Morgan fingerprint density at radius 3 is 2.56 bits per heavy atom. The molecule has 6 heteroatoms.